The molecule has 1 saturated heterocycles. The molecule has 6 rings (SSSR count). The number of hydrogen-bond acceptors (Lipinski definition) is 7. The fourth-order valence-electron chi connectivity index (χ4n) is 4.42. The van der Waals surface area contributed by atoms with Gasteiger partial charge in [0.2, 0.25) is 6.79 Å². The van der Waals surface area contributed by atoms with Crippen LogP contribution in [0.25, 0.3) is 22.6 Å². The van der Waals surface area contributed by atoms with Gasteiger partial charge in [0.25, 0.3) is 0 Å². The molecule has 8 heteroatoms. The Hall–Kier alpha value is -3.68. The molecular weight excluding hydrogens is 462 g/mol. The lowest BCUT2D eigenvalue weighted by Crippen LogP contribution is -2.46. The Labute approximate surface area is 208 Å². The Bertz CT molecular complexity index is 1330. The van der Waals surface area contributed by atoms with Gasteiger partial charge in [-0.1, -0.05) is 29.8 Å². The largest absolute Gasteiger partial charge is 0.454 e. The molecule has 2 aromatic heterocycles. The molecule has 176 valence electrons. The van der Waals surface area contributed by atoms with E-state index in [4.69, 9.17) is 31.0 Å². The average Bonchev–Trinajstić information content (AvgIpc) is 3.38. The Balaban J connectivity index is 1.22. The highest BCUT2D eigenvalue weighted by atomic mass is 35.5. The van der Waals surface area contributed by atoms with Crippen molar-refractivity contribution >= 4 is 17.4 Å². The molecule has 2 aromatic carbocycles. The van der Waals surface area contributed by atoms with Crippen molar-refractivity contribution in [3.8, 4) is 34.1 Å². The molecule has 0 spiro atoms. The minimum Gasteiger partial charge on any atom is -0.454 e. The highest BCUT2D eigenvalue weighted by Gasteiger charge is 2.21. The van der Waals surface area contributed by atoms with Crippen LogP contribution in [0.2, 0.25) is 5.02 Å². The fraction of sp³-hybridized carbons (Fsp3) is 0.222. The van der Waals surface area contributed by atoms with Gasteiger partial charge in [0.15, 0.2) is 17.3 Å². The summed E-state index contributed by atoms with van der Waals surface area (Å²) >= 11 is 6.11. The van der Waals surface area contributed by atoms with Gasteiger partial charge < -0.3 is 14.4 Å². The maximum Gasteiger partial charge on any atom is 0.231 e. The molecule has 0 radical (unpaired) electrons. The van der Waals surface area contributed by atoms with Crippen LogP contribution in [0.15, 0.2) is 73.1 Å². The Morgan fingerprint density at radius 2 is 1.66 bits per heavy atom. The van der Waals surface area contributed by atoms with E-state index in [2.05, 4.69) is 33.0 Å². The van der Waals surface area contributed by atoms with Crippen molar-refractivity contribution in [2.45, 2.75) is 6.54 Å². The van der Waals surface area contributed by atoms with E-state index in [1.165, 1.54) is 5.56 Å². The van der Waals surface area contributed by atoms with Crippen molar-refractivity contribution in [1.82, 2.24) is 19.9 Å². The molecule has 0 saturated carbocycles. The smallest absolute Gasteiger partial charge is 0.231 e. The summed E-state index contributed by atoms with van der Waals surface area (Å²) in [6, 6.07) is 19.9. The highest BCUT2D eigenvalue weighted by Crippen LogP contribution is 2.33. The highest BCUT2D eigenvalue weighted by molar-refractivity contribution is 6.30. The minimum atomic E-state index is 0.301. The molecule has 0 aliphatic carbocycles. The topological polar surface area (TPSA) is 63.6 Å². The second-order valence-electron chi connectivity index (χ2n) is 8.63. The van der Waals surface area contributed by atoms with Gasteiger partial charge in [0, 0.05) is 67.3 Å². The standard InChI is InChI=1S/C27H24ClN5O2/c28-22-6-4-20(5-7-22)23-15-26(31-27(30-23)21-2-1-9-29-16-21)33-12-10-32(11-13-33)17-19-3-8-24-25(14-19)35-18-34-24/h1-9,14-16H,10-13,17-18H2. The van der Waals surface area contributed by atoms with Crippen molar-refractivity contribution in [2.24, 2.45) is 0 Å². The summed E-state index contributed by atoms with van der Waals surface area (Å²) in [5.74, 6) is 3.25. The third-order valence-corrected chi connectivity index (χ3v) is 6.56. The normalized spacial score (nSPS) is 15.4. The van der Waals surface area contributed by atoms with Gasteiger partial charge in [-0.2, -0.15) is 0 Å². The van der Waals surface area contributed by atoms with Crippen molar-refractivity contribution in [1.29, 1.82) is 0 Å². The van der Waals surface area contributed by atoms with Crippen LogP contribution in [0.1, 0.15) is 5.56 Å². The number of aromatic nitrogens is 3. The van der Waals surface area contributed by atoms with Crippen LogP contribution in [0, 0.1) is 0 Å². The van der Waals surface area contributed by atoms with E-state index in [1.807, 2.05) is 42.5 Å². The van der Waals surface area contributed by atoms with Crippen LogP contribution < -0.4 is 14.4 Å². The summed E-state index contributed by atoms with van der Waals surface area (Å²) in [7, 11) is 0. The van der Waals surface area contributed by atoms with E-state index in [1.54, 1.807) is 12.4 Å². The summed E-state index contributed by atoms with van der Waals surface area (Å²) in [6.45, 7) is 4.83. The number of pyridine rings is 1. The van der Waals surface area contributed by atoms with Gasteiger partial charge in [-0.25, -0.2) is 9.97 Å². The molecule has 0 unspecified atom stereocenters. The van der Waals surface area contributed by atoms with Gasteiger partial charge in [-0.15, -0.1) is 0 Å². The molecule has 0 N–H and O–H groups in total. The molecule has 4 aromatic rings. The summed E-state index contributed by atoms with van der Waals surface area (Å²) < 4.78 is 11.0. The molecule has 0 bridgehead atoms. The minimum absolute atomic E-state index is 0.301. The van der Waals surface area contributed by atoms with Crippen LogP contribution in [0.5, 0.6) is 11.5 Å². The second-order valence-corrected chi connectivity index (χ2v) is 9.07. The summed E-state index contributed by atoms with van der Waals surface area (Å²) in [6.07, 6.45) is 3.56. The summed E-state index contributed by atoms with van der Waals surface area (Å²) in [5, 5.41) is 0.703. The lowest BCUT2D eigenvalue weighted by molar-refractivity contribution is 0.174. The predicted octanol–water partition coefficient (Wildman–Crippen LogP) is 4.91. The third-order valence-electron chi connectivity index (χ3n) is 6.31. The number of hydrogen-bond donors (Lipinski definition) is 0. The molecule has 2 aliphatic rings. The summed E-state index contributed by atoms with van der Waals surface area (Å²) in [4.78, 5) is 18.8. The SMILES string of the molecule is Clc1ccc(-c2cc(N3CCN(Cc4ccc5c(c4)OCO5)CC3)nc(-c3cccnc3)n2)cc1. The van der Waals surface area contributed by atoms with Crippen LogP contribution in [-0.4, -0.2) is 52.8 Å². The zero-order valence-corrected chi connectivity index (χ0v) is 19.9. The first kappa shape index (κ1) is 21.8. The van der Waals surface area contributed by atoms with E-state index in [-0.39, 0.29) is 0 Å². The second kappa shape index (κ2) is 9.52. The number of halogens is 1. The number of ether oxygens (including phenoxy) is 2. The van der Waals surface area contributed by atoms with Crippen LogP contribution >= 0.6 is 11.6 Å². The molecule has 0 amide bonds. The lowest BCUT2D eigenvalue weighted by Gasteiger charge is -2.35. The molecule has 4 heterocycles. The molecule has 0 atom stereocenters. The maximum atomic E-state index is 6.11. The van der Waals surface area contributed by atoms with Crippen molar-refractivity contribution in [2.75, 3.05) is 37.9 Å². The fourth-order valence-corrected chi connectivity index (χ4v) is 4.55. The number of benzene rings is 2. The average molecular weight is 486 g/mol. The monoisotopic (exact) mass is 485 g/mol. The van der Waals surface area contributed by atoms with Gasteiger partial charge >= 0.3 is 0 Å². The maximum absolute atomic E-state index is 6.11. The van der Waals surface area contributed by atoms with Gasteiger partial charge in [-0.3, -0.25) is 9.88 Å². The molecule has 1 fully saturated rings. The number of rotatable bonds is 5. The first-order valence-electron chi connectivity index (χ1n) is 11.6. The van der Waals surface area contributed by atoms with Crippen LogP contribution in [0.3, 0.4) is 0 Å². The van der Waals surface area contributed by atoms with Gasteiger partial charge in [0.1, 0.15) is 5.82 Å². The molecule has 2 aliphatic heterocycles. The van der Waals surface area contributed by atoms with E-state index in [0.29, 0.717) is 17.6 Å². The molecule has 35 heavy (non-hydrogen) atoms. The Kier molecular flexibility index (Phi) is 5.94. The van der Waals surface area contributed by atoms with E-state index >= 15 is 0 Å². The van der Waals surface area contributed by atoms with E-state index < -0.39 is 0 Å². The quantitative estimate of drug-likeness (QED) is 0.398. The lowest BCUT2D eigenvalue weighted by atomic mass is 10.1. The van der Waals surface area contributed by atoms with Gasteiger partial charge in [-0.05, 0) is 42.0 Å². The number of piperazine rings is 1. The predicted molar refractivity (Wildman–Crippen MR) is 136 cm³/mol. The first-order valence-corrected chi connectivity index (χ1v) is 12.0. The van der Waals surface area contributed by atoms with Crippen LogP contribution in [-0.2, 0) is 6.54 Å². The van der Waals surface area contributed by atoms with Gasteiger partial charge in [0.05, 0.1) is 5.69 Å². The molecular formula is C27H24ClN5O2. The van der Waals surface area contributed by atoms with Crippen molar-refractivity contribution < 1.29 is 9.47 Å². The third kappa shape index (κ3) is 4.78. The van der Waals surface area contributed by atoms with E-state index in [0.717, 1.165) is 66.9 Å². The Morgan fingerprint density at radius 3 is 2.46 bits per heavy atom. The zero-order chi connectivity index (χ0) is 23.6. The number of nitrogens with zero attached hydrogens (tertiary/aromatic N) is 5. The van der Waals surface area contributed by atoms with Crippen molar-refractivity contribution in [3.63, 3.8) is 0 Å². The number of anilines is 1. The zero-order valence-electron chi connectivity index (χ0n) is 19.1. The number of fused-ring (bicyclic) bond motifs is 1. The first-order chi connectivity index (χ1) is 17.2. The van der Waals surface area contributed by atoms with E-state index in [9.17, 15) is 0 Å². The van der Waals surface area contributed by atoms with Crippen LogP contribution in [0.4, 0.5) is 5.82 Å². The molecule has 7 nitrogen and oxygen atoms in total. The summed E-state index contributed by atoms with van der Waals surface area (Å²) in [5.41, 5.74) is 4.00. The van der Waals surface area contributed by atoms with Crippen molar-refractivity contribution in [3.05, 3.63) is 83.6 Å². The Morgan fingerprint density at radius 1 is 0.829 bits per heavy atom.